The Kier molecular flexibility index (Phi) is 5.89. The fraction of sp³-hybridized carbons (Fsp3) is 0.750. The molecule has 8 heteroatoms. The summed E-state index contributed by atoms with van der Waals surface area (Å²) in [4.78, 5) is 39.3. The SMILES string of the molecule is CCCCc1nnc(NC(=O)CCCN2C(=O)C3CCC(C)(C2=O)C3(C)C)s1. The number of amides is 3. The number of piperidine rings is 1. The smallest absolute Gasteiger partial charge is 0.235 e. The summed E-state index contributed by atoms with van der Waals surface area (Å²) in [5.74, 6) is -0.423. The molecule has 1 aromatic heterocycles. The molecule has 0 spiro atoms. The number of carbonyl (C=O) groups excluding carboxylic acids is 3. The zero-order valence-electron chi connectivity index (χ0n) is 17.2. The van der Waals surface area contributed by atoms with Gasteiger partial charge in [-0.1, -0.05) is 45.5 Å². The number of nitrogens with one attached hydrogen (secondary N) is 1. The van der Waals surface area contributed by atoms with Gasteiger partial charge in [-0.2, -0.15) is 0 Å². The van der Waals surface area contributed by atoms with Crippen LogP contribution >= 0.6 is 11.3 Å². The molecule has 28 heavy (non-hydrogen) atoms. The molecular formula is C20H30N4O3S. The van der Waals surface area contributed by atoms with Gasteiger partial charge < -0.3 is 5.32 Å². The Morgan fingerprint density at radius 3 is 2.71 bits per heavy atom. The van der Waals surface area contributed by atoms with Crippen LogP contribution in [0.3, 0.4) is 0 Å². The highest BCUT2D eigenvalue weighted by atomic mass is 32.1. The molecule has 2 heterocycles. The van der Waals surface area contributed by atoms with Gasteiger partial charge in [-0.15, -0.1) is 10.2 Å². The molecule has 1 aromatic rings. The number of carbonyl (C=O) groups is 3. The average Bonchev–Trinajstić information content (AvgIpc) is 3.15. The molecule has 1 aliphatic heterocycles. The number of aromatic nitrogens is 2. The summed E-state index contributed by atoms with van der Waals surface area (Å²) in [5.41, 5.74) is -0.794. The van der Waals surface area contributed by atoms with Gasteiger partial charge >= 0.3 is 0 Å². The number of aryl methyl sites for hydroxylation is 1. The van der Waals surface area contributed by atoms with Crippen molar-refractivity contribution in [1.82, 2.24) is 15.1 Å². The number of rotatable bonds is 8. The minimum atomic E-state index is -0.491. The highest BCUT2D eigenvalue weighted by molar-refractivity contribution is 7.15. The van der Waals surface area contributed by atoms with E-state index in [-0.39, 0.29) is 35.5 Å². The molecule has 2 bridgehead atoms. The second kappa shape index (κ2) is 7.89. The molecule has 154 valence electrons. The number of likely N-dealkylation sites (tertiary alicyclic amines) is 1. The van der Waals surface area contributed by atoms with Gasteiger partial charge in [0, 0.05) is 25.3 Å². The van der Waals surface area contributed by atoms with Crippen molar-refractivity contribution in [3.05, 3.63) is 5.01 Å². The van der Waals surface area contributed by atoms with Crippen LogP contribution in [0.2, 0.25) is 0 Å². The summed E-state index contributed by atoms with van der Waals surface area (Å²) in [6.07, 6.45) is 5.23. The van der Waals surface area contributed by atoms with Crippen LogP contribution in [0.5, 0.6) is 0 Å². The Bertz CT molecular complexity index is 775. The quantitative estimate of drug-likeness (QED) is 0.668. The predicted octanol–water partition coefficient (Wildman–Crippen LogP) is 3.41. The monoisotopic (exact) mass is 406 g/mol. The van der Waals surface area contributed by atoms with Crippen molar-refractivity contribution in [2.45, 2.75) is 72.6 Å². The Morgan fingerprint density at radius 2 is 2.00 bits per heavy atom. The first kappa shape index (κ1) is 20.9. The average molecular weight is 407 g/mol. The van der Waals surface area contributed by atoms with E-state index >= 15 is 0 Å². The number of hydrogen-bond donors (Lipinski definition) is 1. The Hall–Kier alpha value is -1.83. The van der Waals surface area contributed by atoms with E-state index in [1.54, 1.807) is 0 Å². The van der Waals surface area contributed by atoms with Crippen molar-refractivity contribution < 1.29 is 14.4 Å². The zero-order valence-corrected chi connectivity index (χ0v) is 18.0. The number of nitrogens with zero attached hydrogens (tertiary/aromatic N) is 3. The highest BCUT2D eigenvalue weighted by Gasteiger charge is 2.64. The molecule has 7 nitrogen and oxygen atoms in total. The lowest BCUT2D eigenvalue weighted by molar-refractivity contribution is -0.168. The molecule has 2 fully saturated rings. The van der Waals surface area contributed by atoms with E-state index in [4.69, 9.17) is 0 Å². The topological polar surface area (TPSA) is 92.3 Å². The largest absolute Gasteiger partial charge is 0.301 e. The van der Waals surface area contributed by atoms with Gasteiger partial charge in [-0.3, -0.25) is 19.3 Å². The van der Waals surface area contributed by atoms with Gasteiger partial charge in [0.05, 0.1) is 5.41 Å². The van der Waals surface area contributed by atoms with Crippen LogP contribution < -0.4 is 5.32 Å². The second-order valence-electron chi connectivity index (χ2n) is 8.70. The molecule has 1 saturated heterocycles. The van der Waals surface area contributed by atoms with E-state index in [0.29, 0.717) is 18.1 Å². The standard InChI is InChI=1S/C20H30N4O3S/c1-5-6-9-15-22-23-18(28-15)21-14(25)8-7-12-24-16(26)13-10-11-20(4,17(24)27)19(13,2)3/h13H,5-12H2,1-4H3,(H,21,23,25). The lowest BCUT2D eigenvalue weighted by Gasteiger charge is -2.47. The minimum absolute atomic E-state index is 0.0740. The molecule has 2 aliphatic rings. The van der Waals surface area contributed by atoms with Crippen molar-refractivity contribution >= 4 is 34.2 Å². The van der Waals surface area contributed by atoms with Crippen molar-refractivity contribution in [2.75, 3.05) is 11.9 Å². The van der Waals surface area contributed by atoms with Crippen LogP contribution in [0.4, 0.5) is 5.13 Å². The molecule has 1 aliphatic carbocycles. The fourth-order valence-corrected chi connectivity index (χ4v) is 5.22. The molecule has 3 amide bonds. The molecular weight excluding hydrogens is 376 g/mol. The summed E-state index contributed by atoms with van der Waals surface area (Å²) < 4.78 is 0. The van der Waals surface area contributed by atoms with Gasteiger partial charge in [-0.25, -0.2) is 0 Å². The maximum absolute atomic E-state index is 13.0. The number of fused-ring (bicyclic) bond motifs is 2. The van der Waals surface area contributed by atoms with Crippen molar-refractivity contribution in [2.24, 2.45) is 16.7 Å². The van der Waals surface area contributed by atoms with Crippen LogP contribution in [0, 0.1) is 16.7 Å². The third-order valence-electron chi connectivity index (χ3n) is 6.75. The van der Waals surface area contributed by atoms with Crippen molar-refractivity contribution in [1.29, 1.82) is 0 Å². The van der Waals surface area contributed by atoms with Gasteiger partial charge in [0.15, 0.2) is 0 Å². The summed E-state index contributed by atoms with van der Waals surface area (Å²) >= 11 is 1.40. The maximum Gasteiger partial charge on any atom is 0.235 e. The third-order valence-corrected chi connectivity index (χ3v) is 7.65. The zero-order chi connectivity index (χ0) is 20.5. The van der Waals surface area contributed by atoms with Crippen LogP contribution in [0.25, 0.3) is 0 Å². The molecule has 0 radical (unpaired) electrons. The molecule has 2 atom stereocenters. The number of anilines is 1. The Morgan fingerprint density at radius 1 is 1.25 bits per heavy atom. The fourth-order valence-electron chi connectivity index (χ4n) is 4.43. The van der Waals surface area contributed by atoms with E-state index in [0.717, 1.165) is 37.1 Å². The molecule has 1 N–H and O–H groups in total. The summed E-state index contributed by atoms with van der Waals surface area (Å²) in [7, 11) is 0. The first-order valence-corrected chi connectivity index (χ1v) is 11.0. The molecule has 0 aromatic carbocycles. The Balaban J connectivity index is 1.51. The van der Waals surface area contributed by atoms with E-state index < -0.39 is 5.41 Å². The maximum atomic E-state index is 13.0. The molecule has 1 saturated carbocycles. The van der Waals surface area contributed by atoms with E-state index in [2.05, 4.69) is 22.4 Å². The lowest BCUT2D eigenvalue weighted by Crippen LogP contribution is -2.59. The van der Waals surface area contributed by atoms with E-state index in [1.165, 1.54) is 16.2 Å². The summed E-state index contributed by atoms with van der Waals surface area (Å²) in [6.45, 7) is 8.46. The van der Waals surface area contributed by atoms with E-state index in [1.807, 2.05) is 20.8 Å². The van der Waals surface area contributed by atoms with E-state index in [9.17, 15) is 14.4 Å². The number of unbranched alkanes of at least 4 members (excludes halogenated alkanes) is 1. The van der Waals surface area contributed by atoms with Crippen LogP contribution in [0.1, 0.15) is 71.2 Å². The molecule has 2 unspecified atom stereocenters. The van der Waals surface area contributed by atoms with Gasteiger partial charge in [-0.05, 0) is 31.1 Å². The predicted molar refractivity (Wildman–Crippen MR) is 108 cm³/mol. The highest BCUT2D eigenvalue weighted by Crippen LogP contribution is 2.60. The van der Waals surface area contributed by atoms with Gasteiger partial charge in [0.1, 0.15) is 5.01 Å². The second-order valence-corrected chi connectivity index (χ2v) is 9.76. The molecule has 3 rings (SSSR count). The number of imide groups is 1. The van der Waals surface area contributed by atoms with Crippen LogP contribution in [-0.4, -0.2) is 39.4 Å². The summed E-state index contributed by atoms with van der Waals surface area (Å²) in [6, 6.07) is 0. The third kappa shape index (κ3) is 3.58. The first-order valence-electron chi connectivity index (χ1n) is 10.2. The summed E-state index contributed by atoms with van der Waals surface area (Å²) in [5, 5.41) is 12.3. The lowest BCUT2D eigenvalue weighted by atomic mass is 9.62. The van der Waals surface area contributed by atoms with Gasteiger partial charge in [0.2, 0.25) is 22.9 Å². The first-order chi connectivity index (χ1) is 13.2. The van der Waals surface area contributed by atoms with Crippen LogP contribution in [-0.2, 0) is 20.8 Å². The Labute approximate surface area is 170 Å². The van der Waals surface area contributed by atoms with Crippen LogP contribution in [0.15, 0.2) is 0 Å². The number of hydrogen-bond acceptors (Lipinski definition) is 6. The minimum Gasteiger partial charge on any atom is -0.301 e. The normalized spacial score (nSPS) is 26.0. The van der Waals surface area contributed by atoms with Crippen molar-refractivity contribution in [3.63, 3.8) is 0 Å². The van der Waals surface area contributed by atoms with Crippen molar-refractivity contribution in [3.8, 4) is 0 Å². The van der Waals surface area contributed by atoms with Gasteiger partial charge in [0.25, 0.3) is 0 Å².